The Morgan fingerprint density at radius 3 is 2.24 bits per heavy atom. The van der Waals surface area contributed by atoms with Gasteiger partial charge in [-0.05, 0) is 24.6 Å². The Bertz CT molecular complexity index is 755. The second kappa shape index (κ2) is 8.19. The third-order valence-corrected chi connectivity index (χ3v) is 3.83. The van der Waals surface area contributed by atoms with Crippen LogP contribution >= 0.6 is 0 Å². The highest BCUT2D eigenvalue weighted by Gasteiger charge is 2.23. The van der Waals surface area contributed by atoms with E-state index >= 15 is 0 Å². The number of ether oxygens (including phenoxy) is 2. The third-order valence-electron chi connectivity index (χ3n) is 3.83. The van der Waals surface area contributed by atoms with Crippen molar-refractivity contribution >= 4 is 17.6 Å². The van der Waals surface area contributed by atoms with Crippen molar-refractivity contribution in [1.82, 2.24) is 0 Å². The van der Waals surface area contributed by atoms with Gasteiger partial charge in [0.1, 0.15) is 0 Å². The van der Waals surface area contributed by atoms with Gasteiger partial charge in [-0.3, -0.25) is 9.59 Å². The van der Waals surface area contributed by atoms with Gasteiger partial charge in [0.05, 0.1) is 20.1 Å². The summed E-state index contributed by atoms with van der Waals surface area (Å²) in [5.74, 6) is -1.30. The standard InChI is InChI=1S/C19H21NO5/c1-12-4-6-13(7-5-12)15(19(22)23)11-18(21)20-14-8-9-16(24-2)17(10-14)25-3/h4-10,15H,11H2,1-3H3,(H,20,21)(H,22,23). The predicted octanol–water partition coefficient (Wildman–Crippen LogP) is 3.21. The minimum Gasteiger partial charge on any atom is -0.493 e. The molecule has 1 unspecified atom stereocenters. The maximum Gasteiger partial charge on any atom is 0.311 e. The molecule has 25 heavy (non-hydrogen) atoms. The van der Waals surface area contributed by atoms with Crippen LogP contribution in [-0.4, -0.2) is 31.2 Å². The van der Waals surface area contributed by atoms with Crippen LogP contribution in [0.3, 0.4) is 0 Å². The van der Waals surface area contributed by atoms with Gasteiger partial charge in [0.15, 0.2) is 11.5 Å². The van der Waals surface area contributed by atoms with Gasteiger partial charge in [-0.25, -0.2) is 0 Å². The van der Waals surface area contributed by atoms with Gasteiger partial charge in [0.25, 0.3) is 0 Å². The van der Waals surface area contributed by atoms with Crippen LogP contribution in [0, 0.1) is 6.92 Å². The van der Waals surface area contributed by atoms with E-state index in [-0.39, 0.29) is 12.3 Å². The molecule has 0 heterocycles. The second-order valence-electron chi connectivity index (χ2n) is 5.62. The van der Waals surface area contributed by atoms with Gasteiger partial charge in [0, 0.05) is 18.2 Å². The zero-order chi connectivity index (χ0) is 18.4. The average molecular weight is 343 g/mol. The number of hydrogen-bond acceptors (Lipinski definition) is 4. The lowest BCUT2D eigenvalue weighted by atomic mass is 9.94. The molecule has 1 atom stereocenters. The van der Waals surface area contributed by atoms with Crippen LogP contribution in [0.4, 0.5) is 5.69 Å². The summed E-state index contributed by atoms with van der Waals surface area (Å²) in [5, 5.41) is 12.1. The predicted molar refractivity (Wildman–Crippen MR) is 94.3 cm³/mol. The van der Waals surface area contributed by atoms with Gasteiger partial charge in [-0.2, -0.15) is 0 Å². The van der Waals surface area contributed by atoms with Crippen LogP contribution in [0.1, 0.15) is 23.5 Å². The maximum atomic E-state index is 12.3. The largest absolute Gasteiger partial charge is 0.493 e. The molecule has 0 fully saturated rings. The molecule has 2 rings (SSSR count). The number of rotatable bonds is 7. The van der Waals surface area contributed by atoms with E-state index in [9.17, 15) is 14.7 Å². The number of amides is 1. The number of aliphatic carboxylic acids is 1. The van der Waals surface area contributed by atoms with Crippen molar-refractivity contribution in [1.29, 1.82) is 0 Å². The van der Waals surface area contributed by atoms with E-state index in [0.717, 1.165) is 5.56 Å². The SMILES string of the molecule is COc1ccc(NC(=O)CC(C(=O)O)c2ccc(C)cc2)cc1OC. The van der Waals surface area contributed by atoms with Crippen LogP contribution in [0.2, 0.25) is 0 Å². The molecule has 6 heteroatoms. The molecule has 1 amide bonds. The monoisotopic (exact) mass is 343 g/mol. The summed E-state index contributed by atoms with van der Waals surface area (Å²) in [6.07, 6.45) is -0.160. The molecule has 0 radical (unpaired) electrons. The molecule has 2 aromatic rings. The van der Waals surface area contributed by atoms with E-state index in [1.54, 1.807) is 30.3 Å². The number of methoxy groups -OCH3 is 2. The summed E-state index contributed by atoms with van der Waals surface area (Å²) >= 11 is 0. The molecule has 0 saturated heterocycles. The first-order chi connectivity index (χ1) is 11.9. The first kappa shape index (κ1) is 18.3. The Morgan fingerprint density at radius 2 is 1.68 bits per heavy atom. The molecule has 2 N–H and O–H groups in total. The Morgan fingerprint density at radius 1 is 1.04 bits per heavy atom. The summed E-state index contributed by atoms with van der Waals surface area (Å²) in [4.78, 5) is 23.8. The van der Waals surface area contributed by atoms with Gasteiger partial charge < -0.3 is 19.9 Å². The van der Waals surface area contributed by atoms with Gasteiger partial charge in [0.2, 0.25) is 5.91 Å². The summed E-state index contributed by atoms with van der Waals surface area (Å²) < 4.78 is 10.3. The van der Waals surface area contributed by atoms with E-state index < -0.39 is 11.9 Å². The summed E-state index contributed by atoms with van der Waals surface area (Å²) in [5.41, 5.74) is 2.14. The number of anilines is 1. The van der Waals surface area contributed by atoms with Crippen LogP contribution < -0.4 is 14.8 Å². The Kier molecular flexibility index (Phi) is 6.00. The van der Waals surface area contributed by atoms with Crippen LogP contribution in [0.15, 0.2) is 42.5 Å². The van der Waals surface area contributed by atoms with E-state index in [1.807, 2.05) is 19.1 Å². The molecule has 0 spiro atoms. The van der Waals surface area contributed by atoms with Crippen LogP contribution in [0.25, 0.3) is 0 Å². The van der Waals surface area contributed by atoms with Crippen molar-refractivity contribution in [3.05, 3.63) is 53.6 Å². The lowest BCUT2D eigenvalue weighted by molar-refractivity contribution is -0.140. The van der Waals surface area contributed by atoms with Crippen LogP contribution in [0.5, 0.6) is 11.5 Å². The first-order valence-corrected chi connectivity index (χ1v) is 7.76. The fourth-order valence-corrected chi connectivity index (χ4v) is 2.46. The molecule has 0 saturated carbocycles. The fourth-order valence-electron chi connectivity index (χ4n) is 2.46. The smallest absolute Gasteiger partial charge is 0.311 e. The normalized spacial score (nSPS) is 11.5. The highest BCUT2D eigenvalue weighted by Crippen LogP contribution is 2.30. The molecular formula is C19H21NO5. The number of nitrogens with one attached hydrogen (secondary N) is 1. The lowest BCUT2D eigenvalue weighted by Gasteiger charge is -2.14. The Balaban J connectivity index is 2.11. The highest BCUT2D eigenvalue weighted by molar-refractivity contribution is 5.94. The summed E-state index contributed by atoms with van der Waals surface area (Å²) in [7, 11) is 3.02. The molecule has 0 aliphatic carbocycles. The van der Waals surface area contributed by atoms with Crippen molar-refractivity contribution < 1.29 is 24.2 Å². The topological polar surface area (TPSA) is 84.9 Å². The highest BCUT2D eigenvalue weighted by atomic mass is 16.5. The first-order valence-electron chi connectivity index (χ1n) is 7.76. The molecule has 132 valence electrons. The second-order valence-corrected chi connectivity index (χ2v) is 5.62. The number of aryl methyl sites for hydroxylation is 1. The number of carbonyl (C=O) groups excluding carboxylic acids is 1. The van der Waals surface area contributed by atoms with Gasteiger partial charge >= 0.3 is 5.97 Å². The third kappa shape index (κ3) is 4.73. The molecular weight excluding hydrogens is 322 g/mol. The summed E-state index contributed by atoms with van der Waals surface area (Å²) in [6, 6.07) is 12.1. The number of benzene rings is 2. The van der Waals surface area contributed by atoms with Crippen molar-refractivity contribution in [3.63, 3.8) is 0 Å². The van der Waals surface area contributed by atoms with Gasteiger partial charge in [-0.1, -0.05) is 29.8 Å². The van der Waals surface area contributed by atoms with Crippen molar-refractivity contribution in [2.75, 3.05) is 19.5 Å². The van der Waals surface area contributed by atoms with E-state index in [0.29, 0.717) is 22.7 Å². The fraction of sp³-hybridized carbons (Fsp3) is 0.263. The minimum atomic E-state index is -1.04. The molecule has 2 aromatic carbocycles. The quantitative estimate of drug-likeness (QED) is 0.806. The number of carbonyl (C=O) groups is 2. The van der Waals surface area contributed by atoms with Crippen LogP contribution in [-0.2, 0) is 9.59 Å². The van der Waals surface area contributed by atoms with E-state index in [1.165, 1.54) is 14.2 Å². The van der Waals surface area contributed by atoms with Crippen molar-refractivity contribution in [2.45, 2.75) is 19.3 Å². The zero-order valence-electron chi connectivity index (χ0n) is 14.4. The van der Waals surface area contributed by atoms with Crippen molar-refractivity contribution in [2.24, 2.45) is 0 Å². The van der Waals surface area contributed by atoms with Gasteiger partial charge in [-0.15, -0.1) is 0 Å². The Labute approximate surface area is 146 Å². The number of hydrogen-bond donors (Lipinski definition) is 2. The molecule has 0 aliphatic heterocycles. The number of carboxylic acids is 1. The zero-order valence-corrected chi connectivity index (χ0v) is 14.4. The molecule has 0 bridgehead atoms. The van der Waals surface area contributed by atoms with E-state index in [4.69, 9.17) is 9.47 Å². The molecule has 6 nitrogen and oxygen atoms in total. The summed E-state index contributed by atoms with van der Waals surface area (Å²) in [6.45, 7) is 1.92. The Hall–Kier alpha value is -3.02. The molecule has 0 aromatic heterocycles. The van der Waals surface area contributed by atoms with Crippen molar-refractivity contribution in [3.8, 4) is 11.5 Å². The lowest BCUT2D eigenvalue weighted by Crippen LogP contribution is -2.21. The minimum absolute atomic E-state index is 0.160. The average Bonchev–Trinajstić information content (AvgIpc) is 2.60. The number of carboxylic acid groups (broad SMARTS) is 1. The van der Waals surface area contributed by atoms with E-state index in [2.05, 4.69) is 5.32 Å². The molecule has 0 aliphatic rings. The maximum absolute atomic E-state index is 12.3.